The minimum absolute atomic E-state index is 0.135. The van der Waals surface area contributed by atoms with Gasteiger partial charge in [0.15, 0.2) is 0 Å². The van der Waals surface area contributed by atoms with Crippen molar-refractivity contribution in [3.8, 4) is 0 Å². The van der Waals surface area contributed by atoms with Crippen LogP contribution < -0.4 is 4.72 Å². The highest BCUT2D eigenvalue weighted by Gasteiger charge is 2.16. The molecule has 0 spiro atoms. The van der Waals surface area contributed by atoms with Crippen LogP contribution in [0.3, 0.4) is 0 Å². The van der Waals surface area contributed by atoms with Crippen molar-refractivity contribution in [1.82, 2.24) is 14.6 Å². The van der Waals surface area contributed by atoms with Crippen LogP contribution >= 0.6 is 0 Å². The van der Waals surface area contributed by atoms with Crippen molar-refractivity contribution >= 4 is 15.9 Å². The van der Waals surface area contributed by atoms with Crippen molar-refractivity contribution in [2.24, 2.45) is 0 Å². The Morgan fingerprint density at radius 3 is 2.44 bits per heavy atom. The number of pyridine rings is 1. The molecule has 0 fully saturated rings. The van der Waals surface area contributed by atoms with E-state index in [1.54, 1.807) is 31.5 Å². The van der Waals surface area contributed by atoms with Gasteiger partial charge in [-0.2, -0.15) is 0 Å². The normalized spacial score (nSPS) is 11.3. The van der Waals surface area contributed by atoms with Crippen LogP contribution in [0, 0.1) is 0 Å². The first kappa shape index (κ1) is 21.0. The van der Waals surface area contributed by atoms with Gasteiger partial charge < -0.3 is 9.64 Å². The predicted molar refractivity (Wildman–Crippen MR) is 103 cm³/mol. The fourth-order valence-electron chi connectivity index (χ4n) is 2.45. The number of nitrogens with zero attached hydrogens (tertiary/aromatic N) is 2. The number of amides is 1. The van der Waals surface area contributed by atoms with Crippen molar-refractivity contribution in [3.05, 3.63) is 59.9 Å². The highest BCUT2D eigenvalue weighted by Crippen LogP contribution is 2.12. The number of carbonyl (C=O) groups excluding carboxylic acids is 1. The Morgan fingerprint density at radius 1 is 1.15 bits per heavy atom. The Balaban J connectivity index is 1.94. The van der Waals surface area contributed by atoms with E-state index < -0.39 is 10.0 Å². The van der Waals surface area contributed by atoms with Crippen LogP contribution in [0.5, 0.6) is 0 Å². The molecule has 0 atom stereocenters. The smallest absolute Gasteiger partial charge is 0.253 e. The van der Waals surface area contributed by atoms with E-state index in [1.165, 1.54) is 24.3 Å². The van der Waals surface area contributed by atoms with Crippen LogP contribution in [-0.2, 0) is 21.2 Å². The Labute approximate surface area is 160 Å². The topological polar surface area (TPSA) is 88.6 Å². The molecule has 0 bridgehead atoms. The number of benzene rings is 1. The lowest BCUT2D eigenvalue weighted by atomic mass is 10.1. The second-order valence-electron chi connectivity index (χ2n) is 6.10. The molecule has 1 amide bonds. The second-order valence-corrected chi connectivity index (χ2v) is 7.87. The molecule has 1 aromatic heterocycles. The summed E-state index contributed by atoms with van der Waals surface area (Å²) in [7, 11) is -0.291. The molecular weight excluding hydrogens is 366 g/mol. The van der Waals surface area contributed by atoms with E-state index in [9.17, 15) is 13.2 Å². The lowest BCUT2D eigenvalue weighted by Crippen LogP contribution is -2.29. The fourth-order valence-corrected chi connectivity index (χ4v) is 3.53. The summed E-state index contributed by atoms with van der Waals surface area (Å²) in [5, 5.41) is 0. The second kappa shape index (κ2) is 10.1. The highest BCUT2D eigenvalue weighted by molar-refractivity contribution is 7.89. The monoisotopic (exact) mass is 391 g/mol. The zero-order valence-corrected chi connectivity index (χ0v) is 16.4. The maximum Gasteiger partial charge on any atom is 0.253 e. The molecule has 0 aliphatic rings. The van der Waals surface area contributed by atoms with Crippen molar-refractivity contribution < 1.29 is 17.9 Å². The number of hydrogen-bond donors (Lipinski definition) is 1. The van der Waals surface area contributed by atoms with Crippen molar-refractivity contribution in [2.45, 2.75) is 17.7 Å². The van der Waals surface area contributed by atoms with Crippen LogP contribution in [0.25, 0.3) is 0 Å². The van der Waals surface area contributed by atoms with Crippen molar-refractivity contribution in [3.63, 3.8) is 0 Å². The number of nitrogens with one attached hydrogen (secondary N) is 1. The molecule has 1 N–H and O–H groups in total. The van der Waals surface area contributed by atoms with E-state index in [1.807, 2.05) is 12.1 Å². The van der Waals surface area contributed by atoms with Gasteiger partial charge in [0.25, 0.3) is 5.91 Å². The molecule has 0 radical (unpaired) electrons. The zero-order chi connectivity index (χ0) is 19.7. The third-order valence-corrected chi connectivity index (χ3v) is 5.54. The van der Waals surface area contributed by atoms with Gasteiger partial charge >= 0.3 is 0 Å². The van der Waals surface area contributed by atoms with Crippen molar-refractivity contribution in [2.75, 3.05) is 33.9 Å². The summed E-state index contributed by atoms with van der Waals surface area (Å²) in [4.78, 5) is 18.2. The highest BCUT2D eigenvalue weighted by atomic mass is 32.2. The van der Waals surface area contributed by atoms with Gasteiger partial charge in [-0.15, -0.1) is 0 Å². The van der Waals surface area contributed by atoms with Gasteiger partial charge in [0.2, 0.25) is 10.0 Å². The molecule has 1 heterocycles. The first-order valence-corrected chi connectivity index (χ1v) is 10.2. The van der Waals surface area contributed by atoms with Gasteiger partial charge in [-0.3, -0.25) is 9.78 Å². The fraction of sp³-hybridized carbons (Fsp3) is 0.368. The Kier molecular flexibility index (Phi) is 7.90. The minimum atomic E-state index is -3.59. The number of methoxy groups -OCH3 is 1. The molecule has 0 saturated heterocycles. The number of ether oxygens (including phenoxy) is 1. The van der Waals surface area contributed by atoms with Crippen LogP contribution in [0.4, 0.5) is 0 Å². The average molecular weight is 391 g/mol. The maximum absolute atomic E-state index is 12.5. The van der Waals surface area contributed by atoms with Crippen LogP contribution in [0.1, 0.15) is 22.3 Å². The third kappa shape index (κ3) is 6.42. The summed E-state index contributed by atoms with van der Waals surface area (Å²) in [6.45, 7) is 1.35. The predicted octanol–water partition coefficient (Wildman–Crippen LogP) is 1.71. The molecular formula is C19H25N3O4S. The summed E-state index contributed by atoms with van der Waals surface area (Å²) in [5.41, 5.74) is 1.55. The summed E-state index contributed by atoms with van der Waals surface area (Å²) in [5.74, 6) is -0.152. The molecule has 0 aliphatic heterocycles. The van der Waals surface area contributed by atoms with Gasteiger partial charge in [-0.25, -0.2) is 13.1 Å². The number of hydrogen-bond acceptors (Lipinski definition) is 5. The summed E-state index contributed by atoms with van der Waals surface area (Å²) >= 11 is 0. The number of aromatic nitrogens is 1. The molecule has 2 rings (SSSR count). The SMILES string of the molecule is COCCCNS(=O)(=O)c1ccc(C(=O)N(C)CCc2ccncc2)cc1. The summed E-state index contributed by atoms with van der Waals surface area (Å²) < 4.78 is 31.8. The van der Waals surface area contributed by atoms with Gasteiger partial charge in [0.1, 0.15) is 0 Å². The largest absolute Gasteiger partial charge is 0.385 e. The molecule has 7 nitrogen and oxygen atoms in total. The summed E-state index contributed by atoms with van der Waals surface area (Å²) in [6, 6.07) is 9.80. The number of sulfonamides is 1. The Morgan fingerprint density at radius 2 is 1.81 bits per heavy atom. The molecule has 27 heavy (non-hydrogen) atoms. The quantitative estimate of drug-likeness (QED) is 0.623. The Hall–Kier alpha value is -2.29. The molecule has 0 unspecified atom stereocenters. The van der Waals surface area contributed by atoms with E-state index in [2.05, 4.69) is 9.71 Å². The minimum Gasteiger partial charge on any atom is -0.385 e. The molecule has 1 aromatic carbocycles. The van der Waals surface area contributed by atoms with E-state index in [0.29, 0.717) is 31.7 Å². The number of likely N-dealkylation sites (N-methyl/N-ethyl adjacent to an activating group) is 1. The van der Waals surface area contributed by atoms with Crippen molar-refractivity contribution in [1.29, 1.82) is 0 Å². The number of rotatable bonds is 10. The van der Waals surface area contributed by atoms with E-state index in [4.69, 9.17) is 4.74 Å². The zero-order valence-electron chi connectivity index (χ0n) is 15.6. The lowest BCUT2D eigenvalue weighted by molar-refractivity contribution is 0.0796. The summed E-state index contributed by atoms with van der Waals surface area (Å²) in [6.07, 6.45) is 4.76. The first-order chi connectivity index (χ1) is 12.9. The molecule has 0 aliphatic carbocycles. The van der Waals surface area contributed by atoms with E-state index in [-0.39, 0.29) is 10.8 Å². The van der Waals surface area contributed by atoms with Crippen LogP contribution in [-0.4, -0.2) is 58.1 Å². The van der Waals surface area contributed by atoms with Gasteiger partial charge in [0.05, 0.1) is 4.90 Å². The molecule has 146 valence electrons. The standard InChI is InChI=1S/C19H25N3O4S/c1-22(14-10-16-8-12-20-13-9-16)19(23)17-4-6-18(7-5-17)27(24,25)21-11-3-15-26-2/h4-9,12-13,21H,3,10-11,14-15H2,1-2H3. The first-order valence-electron chi connectivity index (χ1n) is 8.67. The molecule has 0 saturated carbocycles. The lowest BCUT2D eigenvalue weighted by Gasteiger charge is -2.17. The molecule has 2 aromatic rings. The third-order valence-electron chi connectivity index (χ3n) is 4.06. The van der Waals surface area contributed by atoms with Crippen LogP contribution in [0.15, 0.2) is 53.7 Å². The average Bonchev–Trinajstić information content (AvgIpc) is 2.70. The van der Waals surface area contributed by atoms with Gasteiger partial charge in [-0.1, -0.05) is 0 Å². The Bertz CT molecular complexity index is 824. The number of carbonyl (C=O) groups is 1. The van der Waals surface area contributed by atoms with Gasteiger partial charge in [-0.05, 0) is 54.8 Å². The molecule has 8 heteroatoms. The van der Waals surface area contributed by atoms with E-state index in [0.717, 1.165) is 12.0 Å². The van der Waals surface area contributed by atoms with E-state index >= 15 is 0 Å². The van der Waals surface area contributed by atoms with Crippen LogP contribution in [0.2, 0.25) is 0 Å². The van der Waals surface area contributed by atoms with Gasteiger partial charge in [0, 0.05) is 51.8 Å². The maximum atomic E-state index is 12.5.